The summed E-state index contributed by atoms with van der Waals surface area (Å²) in [5.74, 6) is 0.833. The van der Waals surface area contributed by atoms with Crippen molar-refractivity contribution >= 4 is 0 Å². The predicted octanol–water partition coefficient (Wildman–Crippen LogP) is 2.88. The van der Waals surface area contributed by atoms with Crippen LogP contribution in [0.2, 0.25) is 0 Å². The van der Waals surface area contributed by atoms with Gasteiger partial charge in [-0.25, -0.2) is 0 Å². The van der Waals surface area contributed by atoms with Crippen molar-refractivity contribution in [3.8, 4) is 0 Å². The van der Waals surface area contributed by atoms with Crippen LogP contribution in [0.15, 0.2) is 24.3 Å². The molecule has 1 N–H and O–H groups in total. The van der Waals surface area contributed by atoms with Gasteiger partial charge in [0.1, 0.15) is 0 Å². The Bertz CT molecular complexity index is 328. The highest BCUT2D eigenvalue weighted by atomic mass is 14.9. The lowest BCUT2D eigenvalue weighted by Crippen LogP contribution is -2.19. The van der Waals surface area contributed by atoms with E-state index in [0.717, 1.165) is 12.5 Å². The molecular weight excluding hydrogens is 182 g/mol. The molecule has 0 bridgehead atoms. The van der Waals surface area contributed by atoms with Gasteiger partial charge in [-0.2, -0.15) is 0 Å². The van der Waals surface area contributed by atoms with Crippen LogP contribution in [0.5, 0.6) is 0 Å². The molecule has 0 heterocycles. The molecule has 0 amide bonds. The van der Waals surface area contributed by atoms with Gasteiger partial charge in [-0.3, -0.25) is 0 Å². The molecule has 15 heavy (non-hydrogen) atoms. The van der Waals surface area contributed by atoms with Gasteiger partial charge >= 0.3 is 0 Å². The standard InChI is InChI=1S/C14H21N/c1-4-15-10-13-9-14(13,3)12-7-5-11(2)6-8-12/h5-8,13,15H,4,9-10H2,1-3H3/t13-,14-/m0/s1. The van der Waals surface area contributed by atoms with Crippen molar-refractivity contribution in [3.05, 3.63) is 35.4 Å². The second-order valence-electron chi connectivity index (χ2n) is 4.99. The van der Waals surface area contributed by atoms with Crippen LogP contribution in [0.3, 0.4) is 0 Å². The first-order chi connectivity index (χ1) is 7.16. The van der Waals surface area contributed by atoms with Gasteiger partial charge in [0, 0.05) is 0 Å². The van der Waals surface area contributed by atoms with Crippen LogP contribution in [0, 0.1) is 12.8 Å². The smallest absolute Gasteiger partial charge is 0.00119 e. The van der Waals surface area contributed by atoms with E-state index < -0.39 is 0 Å². The number of hydrogen-bond acceptors (Lipinski definition) is 1. The molecule has 1 saturated carbocycles. The van der Waals surface area contributed by atoms with E-state index in [9.17, 15) is 0 Å². The van der Waals surface area contributed by atoms with Gasteiger partial charge in [0.15, 0.2) is 0 Å². The Morgan fingerprint density at radius 3 is 2.60 bits per heavy atom. The summed E-state index contributed by atoms with van der Waals surface area (Å²) in [5, 5.41) is 3.45. The lowest BCUT2D eigenvalue weighted by Gasteiger charge is -2.12. The van der Waals surface area contributed by atoms with Crippen LogP contribution in [0.25, 0.3) is 0 Å². The minimum absolute atomic E-state index is 0.440. The maximum absolute atomic E-state index is 3.45. The summed E-state index contributed by atoms with van der Waals surface area (Å²) in [7, 11) is 0. The summed E-state index contributed by atoms with van der Waals surface area (Å²) < 4.78 is 0. The Kier molecular flexibility index (Phi) is 2.83. The molecule has 0 spiro atoms. The zero-order valence-corrected chi connectivity index (χ0v) is 10.0. The van der Waals surface area contributed by atoms with E-state index in [0.29, 0.717) is 5.41 Å². The minimum Gasteiger partial charge on any atom is -0.317 e. The summed E-state index contributed by atoms with van der Waals surface area (Å²) in [6.45, 7) is 8.96. The molecule has 1 fully saturated rings. The average molecular weight is 203 g/mol. The molecule has 2 atom stereocenters. The summed E-state index contributed by atoms with van der Waals surface area (Å²) in [6, 6.07) is 9.04. The van der Waals surface area contributed by atoms with Crippen molar-refractivity contribution in [1.29, 1.82) is 0 Å². The Morgan fingerprint density at radius 1 is 1.33 bits per heavy atom. The number of rotatable bonds is 4. The fourth-order valence-electron chi connectivity index (χ4n) is 2.36. The van der Waals surface area contributed by atoms with Gasteiger partial charge in [-0.05, 0) is 43.3 Å². The molecule has 1 aliphatic rings. The first-order valence-electron chi connectivity index (χ1n) is 5.94. The van der Waals surface area contributed by atoms with Crippen LogP contribution in [0.4, 0.5) is 0 Å². The van der Waals surface area contributed by atoms with Crippen molar-refractivity contribution < 1.29 is 0 Å². The summed E-state index contributed by atoms with van der Waals surface area (Å²) >= 11 is 0. The molecule has 0 aromatic heterocycles. The third kappa shape index (κ3) is 2.07. The van der Waals surface area contributed by atoms with Crippen LogP contribution in [-0.2, 0) is 5.41 Å². The Balaban J connectivity index is 2.03. The van der Waals surface area contributed by atoms with Crippen molar-refractivity contribution in [2.45, 2.75) is 32.6 Å². The Labute approximate surface area is 92.9 Å². The largest absolute Gasteiger partial charge is 0.317 e. The molecule has 1 aromatic carbocycles. The topological polar surface area (TPSA) is 12.0 Å². The zero-order valence-electron chi connectivity index (χ0n) is 10.0. The maximum atomic E-state index is 3.45. The van der Waals surface area contributed by atoms with Crippen LogP contribution >= 0.6 is 0 Å². The number of aryl methyl sites for hydroxylation is 1. The molecular formula is C14H21N. The van der Waals surface area contributed by atoms with E-state index in [1.165, 1.54) is 24.1 Å². The fourth-order valence-corrected chi connectivity index (χ4v) is 2.36. The van der Waals surface area contributed by atoms with Gasteiger partial charge in [-0.15, -0.1) is 0 Å². The fraction of sp³-hybridized carbons (Fsp3) is 0.571. The van der Waals surface area contributed by atoms with E-state index in [2.05, 4.69) is 50.4 Å². The third-order valence-electron chi connectivity index (χ3n) is 3.76. The highest BCUT2D eigenvalue weighted by Gasteiger charge is 2.50. The first-order valence-corrected chi connectivity index (χ1v) is 5.94. The van der Waals surface area contributed by atoms with E-state index in [1.54, 1.807) is 0 Å². The number of hydrogen-bond donors (Lipinski definition) is 1. The SMILES string of the molecule is CCNC[C@@H]1C[C@@]1(C)c1ccc(C)cc1. The lowest BCUT2D eigenvalue weighted by atomic mass is 9.94. The molecule has 0 unspecified atom stereocenters. The lowest BCUT2D eigenvalue weighted by molar-refractivity contribution is 0.591. The molecule has 1 heteroatoms. The second kappa shape index (κ2) is 3.97. The second-order valence-corrected chi connectivity index (χ2v) is 4.99. The molecule has 82 valence electrons. The summed E-state index contributed by atoms with van der Waals surface area (Å²) in [4.78, 5) is 0. The third-order valence-corrected chi connectivity index (χ3v) is 3.76. The number of nitrogens with one attached hydrogen (secondary N) is 1. The Hall–Kier alpha value is -0.820. The van der Waals surface area contributed by atoms with E-state index in [4.69, 9.17) is 0 Å². The van der Waals surface area contributed by atoms with Gasteiger partial charge in [-0.1, -0.05) is 43.7 Å². The number of benzene rings is 1. The highest BCUT2D eigenvalue weighted by molar-refractivity contribution is 5.34. The highest BCUT2D eigenvalue weighted by Crippen LogP contribution is 2.53. The van der Waals surface area contributed by atoms with Gasteiger partial charge < -0.3 is 5.32 Å². The van der Waals surface area contributed by atoms with Gasteiger partial charge in [0.25, 0.3) is 0 Å². The van der Waals surface area contributed by atoms with E-state index >= 15 is 0 Å². The van der Waals surface area contributed by atoms with Crippen molar-refractivity contribution in [2.75, 3.05) is 13.1 Å². The van der Waals surface area contributed by atoms with Crippen molar-refractivity contribution in [2.24, 2.45) is 5.92 Å². The molecule has 1 aromatic rings. The van der Waals surface area contributed by atoms with E-state index in [1.807, 2.05) is 0 Å². The van der Waals surface area contributed by atoms with Crippen molar-refractivity contribution in [1.82, 2.24) is 5.32 Å². The van der Waals surface area contributed by atoms with Crippen LogP contribution in [-0.4, -0.2) is 13.1 Å². The zero-order chi connectivity index (χ0) is 10.9. The monoisotopic (exact) mass is 203 g/mol. The van der Waals surface area contributed by atoms with E-state index in [-0.39, 0.29) is 0 Å². The van der Waals surface area contributed by atoms with Crippen molar-refractivity contribution in [3.63, 3.8) is 0 Å². The van der Waals surface area contributed by atoms with Gasteiger partial charge in [0.05, 0.1) is 0 Å². The van der Waals surface area contributed by atoms with Crippen LogP contribution in [0.1, 0.15) is 31.4 Å². The molecule has 0 saturated heterocycles. The summed E-state index contributed by atoms with van der Waals surface area (Å²) in [6.07, 6.45) is 1.34. The predicted molar refractivity (Wildman–Crippen MR) is 65.2 cm³/mol. The molecule has 0 aliphatic heterocycles. The molecule has 0 radical (unpaired) electrons. The maximum Gasteiger partial charge on any atom is -0.00119 e. The first kappa shape index (κ1) is 10.7. The average Bonchev–Trinajstić information content (AvgIpc) is 2.89. The quantitative estimate of drug-likeness (QED) is 0.793. The molecule has 1 aliphatic carbocycles. The Morgan fingerprint density at radius 2 is 2.00 bits per heavy atom. The normalized spacial score (nSPS) is 29.1. The van der Waals surface area contributed by atoms with Crippen LogP contribution < -0.4 is 5.32 Å². The molecule has 1 nitrogen and oxygen atoms in total. The minimum atomic E-state index is 0.440. The molecule has 2 rings (SSSR count). The summed E-state index contributed by atoms with van der Waals surface area (Å²) in [5.41, 5.74) is 3.30. The van der Waals surface area contributed by atoms with Gasteiger partial charge in [0.2, 0.25) is 0 Å².